The van der Waals surface area contributed by atoms with Crippen molar-refractivity contribution in [3.05, 3.63) is 40.5 Å². The van der Waals surface area contributed by atoms with Crippen molar-refractivity contribution in [2.24, 2.45) is 0 Å². The van der Waals surface area contributed by atoms with Crippen molar-refractivity contribution in [3.63, 3.8) is 0 Å². The van der Waals surface area contributed by atoms with Gasteiger partial charge in [-0.15, -0.1) is 0 Å². The summed E-state index contributed by atoms with van der Waals surface area (Å²) in [4.78, 5) is 12.1. The van der Waals surface area contributed by atoms with Crippen LogP contribution in [0.1, 0.15) is 24.0 Å². The first-order valence-corrected chi connectivity index (χ1v) is 8.63. The first kappa shape index (κ1) is 16.7. The predicted octanol–water partition coefficient (Wildman–Crippen LogP) is 3.40. The SMILES string of the molecule is N#Cc1c(Cl)nsc1NCc1cccc(NC(=O)C2CCCO2)c1. The Bertz CT molecular complexity index is 781. The highest BCUT2D eigenvalue weighted by atomic mass is 35.5. The maximum absolute atomic E-state index is 12.1. The van der Waals surface area contributed by atoms with Crippen molar-refractivity contribution < 1.29 is 9.53 Å². The molecule has 0 bridgehead atoms. The minimum atomic E-state index is -0.357. The van der Waals surface area contributed by atoms with Crippen LogP contribution in [-0.2, 0) is 16.1 Å². The Balaban J connectivity index is 1.62. The van der Waals surface area contributed by atoms with E-state index in [4.69, 9.17) is 21.6 Å². The van der Waals surface area contributed by atoms with Crippen LogP contribution in [0.2, 0.25) is 5.15 Å². The van der Waals surface area contributed by atoms with Gasteiger partial charge in [0.05, 0.1) is 0 Å². The van der Waals surface area contributed by atoms with Crippen molar-refractivity contribution >= 4 is 39.7 Å². The summed E-state index contributed by atoms with van der Waals surface area (Å²) >= 11 is 7.00. The number of carbonyl (C=O) groups excluding carboxylic acids is 1. The zero-order chi connectivity index (χ0) is 16.9. The zero-order valence-electron chi connectivity index (χ0n) is 12.7. The summed E-state index contributed by atoms with van der Waals surface area (Å²) in [6.45, 7) is 1.14. The van der Waals surface area contributed by atoms with Gasteiger partial charge in [0.15, 0.2) is 5.15 Å². The fourth-order valence-electron chi connectivity index (χ4n) is 2.44. The molecule has 0 aliphatic carbocycles. The molecule has 1 amide bonds. The lowest BCUT2D eigenvalue weighted by atomic mass is 10.2. The molecule has 2 aromatic rings. The number of halogens is 1. The number of rotatable bonds is 5. The van der Waals surface area contributed by atoms with E-state index >= 15 is 0 Å². The lowest BCUT2D eigenvalue weighted by Gasteiger charge is -2.11. The number of nitrogens with one attached hydrogen (secondary N) is 2. The van der Waals surface area contributed by atoms with Gasteiger partial charge in [0.2, 0.25) is 0 Å². The van der Waals surface area contributed by atoms with E-state index in [2.05, 4.69) is 15.0 Å². The smallest absolute Gasteiger partial charge is 0.253 e. The van der Waals surface area contributed by atoms with Gasteiger partial charge >= 0.3 is 0 Å². The lowest BCUT2D eigenvalue weighted by Crippen LogP contribution is -2.26. The third-order valence-electron chi connectivity index (χ3n) is 3.63. The average Bonchev–Trinajstić information content (AvgIpc) is 3.23. The number of hydrogen-bond donors (Lipinski definition) is 2. The monoisotopic (exact) mass is 362 g/mol. The Kier molecular flexibility index (Phi) is 5.30. The molecule has 124 valence electrons. The quantitative estimate of drug-likeness (QED) is 0.851. The minimum absolute atomic E-state index is 0.112. The number of aromatic nitrogens is 1. The molecular formula is C16H15ClN4O2S. The van der Waals surface area contributed by atoms with Crippen molar-refractivity contribution in [2.75, 3.05) is 17.2 Å². The van der Waals surface area contributed by atoms with E-state index in [0.717, 1.165) is 35.6 Å². The fourth-order valence-corrected chi connectivity index (χ4v) is 3.37. The summed E-state index contributed by atoms with van der Waals surface area (Å²) in [6, 6.07) is 9.55. The highest BCUT2D eigenvalue weighted by Crippen LogP contribution is 2.28. The summed E-state index contributed by atoms with van der Waals surface area (Å²) in [6.07, 6.45) is 1.32. The van der Waals surface area contributed by atoms with E-state index in [1.165, 1.54) is 0 Å². The van der Waals surface area contributed by atoms with E-state index < -0.39 is 0 Å². The molecule has 1 aromatic carbocycles. The molecule has 1 unspecified atom stereocenters. The molecule has 2 heterocycles. The Morgan fingerprint density at radius 3 is 3.17 bits per heavy atom. The Morgan fingerprint density at radius 1 is 1.54 bits per heavy atom. The van der Waals surface area contributed by atoms with Crippen LogP contribution in [0.3, 0.4) is 0 Å². The summed E-state index contributed by atoms with van der Waals surface area (Å²) in [5, 5.41) is 15.9. The van der Waals surface area contributed by atoms with Crippen molar-refractivity contribution in [3.8, 4) is 6.07 Å². The molecule has 1 aliphatic rings. The van der Waals surface area contributed by atoms with Gasteiger partial charge in [-0.2, -0.15) is 9.64 Å². The van der Waals surface area contributed by atoms with Gasteiger partial charge < -0.3 is 15.4 Å². The third kappa shape index (κ3) is 3.85. The van der Waals surface area contributed by atoms with Crippen molar-refractivity contribution in [1.29, 1.82) is 5.26 Å². The van der Waals surface area contributed by atoms with E-state index in [0.29, 0.717) is 23.7 Å². The molecule has 0 spiro atoms. The Labute approximate surface area is 148 Å². The lowest BCUT2D eigenvalue weighted by molar-refractivity contribution is -0.124. The maximum atomic E-state index is 12.1. The molecule has 2 N–H and O–H groups in total. The van der Waals surface area contributed by atoms with Gasteiger partial charge in [0.1, 0.15) is 22.7 Å². The molecule has 1 atom stereocenters. The average molecular weight is 363 g/mol. The first-order chi connectivity index (χ1) is 11.7. The topological polar surface area (TPSA) is 87.0 Å². The second-order valence-corrected chi connectivity index (χ2v) is 6.47. The van der Waals surface area contributed by atoms with E-state index in [9.17, 15) is 4.79 Å². The summed E-state index contributed by atoms with van der Waals surface area (Å²) < 4.78 is 9.33. The molecule has 1 aromatic heterocycles. The number of nitrogens with zero attached hydrogens (tertiary/aromatic N) is 2. The van der Waals surface area contributed by atoms with Crippen molar-refractivity contribution in [1.82, 2.24) is 4.37 Å². The van der Waals surface area contributed by atoms with Crippen LogP contribution in [0.5, 0.6) is 0 Å². The molecule has 8 heteroatoms. The van der Waals surface area contributed by atoms with Crippen LogP contribution in [0.25, 0.3) is 0 Å². The Morgan fingerprint density at radius 2 is 2.42 bits per heavy atom. The zero-order valence-corrected chi connectivity index (χ0v) is 14.3. The fraction of sp³-hybridized carbons (Fsp3) is 0.312. The summed E-state index contributed by atoms with van der Waals surface area (Å²) in [7, 11) is 0. The number of hydrogen-bond acceptors (Lipinski definition) is 6. The first-order valence-electron chi connectivity index (χ1n) is 7.48. The van der Waals surface area contributed by atoms with Gasteiger partial charge in [-0.25, -0.2) is 0 Å². The van der Waals surface area contributed by atoms with Crippen LogP contribution >= 0.6 is 23.1 Å². The van der Waals surface area contributed by atoms with Gasteiger partial charge in [0, 0.05) is 18.8 Å². The van der Waals surface area contributed by atoms with Crippen LogP contribution in [0, 0.1) is 11.3 Å². The molecule has 0 saturated carbocycles. The van der Waals surface area contributed by atoms with Gasteiger partial charge in [0.25, 0.3) is 5.91 Å². The summed E-state index contributed by atoms with van der Waals surface area (Å²) in [5.41, 5.74) is 2.04. The number of ether oxygens (including phenoxy) is 1. The Hall–Kier alpha value is -2.14. The van der Waals surface area contributed by atoms with Crippen LogP contribution in [0.4, 0.5) is 10.7 Å². The standard InChI is InChI=1S/C16H15ClN4O2S/c17-14-12(8-18)16(24-21-14)19-9-10-3-1-4-11(7-10)20-15(22)13-5-2-6-23-13/h1,3-4,7,13,19H,2,5-6,9H2,(H,20,22). The van der Waals surface area contributed by atoms with Crippen molar-refractivity contribution in [2.45, 2.75) is 25.5 Å². The number of anilines is 2. The second kappa shape index (κ2) is 7.62. The van der Waals surface area contributed by atoms with Crippen LogP contribution in [0.15, 0.2) is 24.3 Å². The van der Waals surface area contributed by atoms with E-state index in [1.54, 1.807) is 0 Å². The largest absolute Gasteiger partial charge is 0.370 e. The second-order valence-electron chi connectivity index (χ2n) is 5.33. The van der Waals surface area contributed by atoms with Crippen LogP contribution < -0.4 is 10.6 Å². The normalized spacial score (nSPS) is 16.6. The minimum Gasteiger partial charge on any atom is -0.370 e. The predicted molar refractivity (Wildman–Crippen MR) is 93.2 cm³/mol. The van der Waals surface area contributed by atoms with E-state index in [1.807, 2.05) is 30.3 Å². The number of benzene rings is 1. The molecule has 1 aliphatic heterocycles. The van der Waals surface area contributed by atoms with Gasteiger partial charge in [-0.3, -0.25) is 4.79 Å². The molecule has 3 rings (SSSR count). The molecule has 1 fully saturated rings. The number of nitriles is 1. The summed E-state index contributed by atoms with van der Waals surface area (Å²) in [5.74, 6) is -0.112. The third-order valence-corrected chi connectivity index (χ3v) is 4.81. The highest BCUT2D eigenvalue weighted by Gasteiger charge is 2.23. The molecule has 1 saturated heterocycles. The number of carbonyl (C=O) groups is 1. The van der Waals surface area contributed by atoms with Gasteiger partial charge in [-0.05, 0) is 42.1 Å². The number of amides is 1. The maximum Gasteiger partial charge on any atom is 0.253 e. The van der Waals surface area contributed by atoms with Crippen LogP contribution in [-0.4, -0.2) is 23.0 Å². The van der Waals surface area contributed by atoms with E-state index in [-0.39, 0.29) is 17.2 Å². The highest BCUT2D eigenvalue weighted by molar-refractivity contribution is 7.10. The molecule has 6 nitrogen and oxygen atoms in total. The van der Waals surface area contributed by atoms with Gasteiger partial charge in [-0.1, -0.05) is 23.7 Å². The molecular weight excluding hydrogens is 348 g/mol. The molecule has 0 radical (unpaired) electrons. The molecule has 24 heavy (non-hydrogen) atoms.